The molecule has 0 aliphatic carbocycles. The molecule has 1 amide bonds. The molecule has 4 rings (SSSR count). The van der Waals surface area contributed by atoms with Crippen molar-refractivity contribution in [2.45, 2.75) is 6.54 Å². The molecule has 0 bridgehead atoms. The molecular formula is C19H15N5O2S. The molecule has 8 heteroatoms. The molecule has 0 radical (unpaired) electrons. The van der Waals surface area contributed by atoms with Gasteiger partial charge in [0, 0.05) is 17.8 Å². The van der Waals surface area contributed by atoms with Gasteiger partial charge in [0.1, 0.15) is 12.2 Å². The largest absolute Gasteiger partial charge is 0.301 e. The molecule has 1 aromatic carbocycles. The second kappa shape index (κ2) is 7.08. The van der Waals surface area contributed by atoms with Gasteiger partial charge in [-0.1, -0.05) is 49.2 Å². The van der Waals surface area contributed by atoms with Crippen molar-refractivity contribution in [1.29, 1.82) is 0 Å². The molecule has 1 N–H and O–H groups in total. The number of nitrogens with one attached hydrogen (secondary N) is 1. The lowest BCUT2D eigenvalue weighted by atomic mass is 10.0. The number of carbonyl (C=O) groups excluding carboxylic acids is 1. The Bertz CT molecular complexity index is 1180. The van der Waals surface area contributed by atoms with E-state index in [1.54, 1.807) is 10.6 Å². The summed E-state index contributed by atoms with van der Waals surface area (Å²) in [7, 11) is 0. The highest BCUT2D eigenvalue weighted by Gasteiger charge is 2.18. The number of aromatic nitrogens is 4. The Labute approximate surface area is 159 Å². The molecule has 0 atom stereocenters. The van der Waals surface area contributed by atoms with Crippen molar-refractivity contribution in [3.8, 4) is 22.5 Å². The van der Waals surface area contributed by atoms with Gasteiger partial charge >= 0.3 is 0 Å². The predicted octanol–water partition coefficient (Wildman–Crippen LogP) is 2.19. The van der Waals surface area contributed by atoms with Crippen LogP contribution in [-0.2, 0) is 11.3 Å². The Balaban J connectivity index is 1.95. The number of fused-ring (bicyclic) bond motifs is 1. The minimum atomic E-state index is -0.423. The minimum Gasteiger partial charge on any atom is -0.301 e. The van der Waals surface area contributed by atoms with Crippen molar-refractivity contribution < 1.29 is 4.79 Å². The van der Waals surface area contributed by atoms with Crippen LogP contribution >= 0.6 is 12.8 Å². The van der Waals surface area contributed by atoms with E-state index < -0.39 is 5.91 Å². The van der Waals surface area contributed by atoms with E-state index in [-0.39, 0.29) is 12.1 Å². The summed E-state index contributed by atoms with van der Waals surface area (Å²) in [4.78, 5) is 23.7. The van der Waals surface area contributed by atoms with E-state index in [2.05, 4.69) is 27.7 Å². The van der Waals surface area contributed by atoms with Crippen molar-refractivity contribution in [2.24, 2.45) is 0 Å². The highest BCUT2D eigenvalue weighted by Crippen LogP contribution is 2.33. The first-order valence-electron chi connectivity index (χ1n) is 8.21. The standard InChI is InChI=1S/C19H15N5O2S/c25-16(22-27)12-24-17(26)10-9-14(20-24)18-15-8-4-5-11-23(15)21-19(18)13-6-2-1-3-7-13/h1-11,27H,12H2,(H,22,25). The van der Waals surface area contributed by atoms with E-state index in [1.165, 1.54) is 6.07 Å². The van der Waals surface area contributed by atoms with Crippen LogP contribution in [0.3, 0.4) is 0 Å². The molecule has 0 saturated carbocycles. The Kier molecular flexibility index (Phi) is 4.47. The van der Waals surface area contributed by atoms with E-state index in [1.807, 2.05) is 54.7 Å². The van der Waals surface area contributed by atoms with Crippen molar-refractivity contribution in [3.05, 3.63) is 77.2 Å². The summed E-state index contributed by atoms with van der Waals surface area (Å²) in [6.07, 6.45) is 1.86. The summed E-state index contributed by atoms with van der Waals surface area (Å²) in [5, 5.41) is 9.08. The Morgan fingerprint density at radius 2 is 1.78 bits per heavy atom. The van der Waals surface area contributed by atoms with Crippen molar-refractivity contribution in [2.75, 3.05) is 0 Å². The van der Waals surface area contributed by atoms with Crippen LogP contribution in [0.25, 0.3) is 28.0 Å². The predicted molar refractivity (Wildman–Crippen MR) is 105 cm³/mol. The van der Waals surface area contributed by atoms with Crippen LogP contribution in [0.15, 0.2) is 71.7 Å². The second-order valence-corrected chi connectivity index (χ2v) is 6.09. The van der Waals surface area contributed by atoms with Gasteiger partial charge in [-0.15, -0.1) is 0 Å². The third-order valence-electron chi connectivity index (χ3n) is 4.13. The van der Waals surface area contributed by atoms with Crippen molar-refractivity contribution in [1.82, 2.24) is 24.1 Å². The van der Waals surface area contributed by atoms with Crippen LogP contribution in [0.4, 0.5) is 0 Å². The monoisotopic (exact) mass is 377 g/mol. The fraction of sp³-hybridized carbons (Fsp3) is 0.0526. The molecule has 0 saturated heterocycles. The first kappa shape index (κ1) is 17.0. The average Bonchev–Trinajstić information content (AvgIpc) is 3.10. The second-order valence-electron chi connectivity index (χ2n) is 5.87. The number of hydrogen-bond acceptors (Lipinski definition) is 5. The lowest BCUT2D eigenvalue weighted by Crippen LogP contribution is -2.29. The first-order valence-corrected chi connectivity index (χ1v) is 8.66. The minimum absolute atomic E-state index is 0.212. The molecule has 7 nitrogen and oxygen atoms in total. The fourth-order valence-electron chi connectivity index (χ4n) is 2.92. The van der Waals surface area contributed by atoms with Crippen LogP contribution in [0, 0.1) is 0 Å². The van der Waals surface area contributed by atoms with Gasteiger partial charge in [-0.05, 0) is 18.2 Å². The van der Waals surface area contributed by atoms with Gasteiger partial charge in [0.2, 0.25) is 0 Å². The van der Waals surface area contributed by atoms with Gasteiger partial charge in [-0.25, -0.2) is 9.20 Å². The van der Waals surface area contributed by atoms with E-state index >= 15 is 0 Å². The summed E-state index contributed by atoms with van der Waals surface area (Å²) in [5.74, 6) is -0.423. The normalized spacial score (nSPS) is 10.9. The highest BCUT2D eigenvalue weighted by molar-refractivity contribution is 7.78. The number of rotatable bonds is 4. The van der Waals surface area contributed by atoms with Gasteiger partial charge in [-0.3, -0.25) is 9.59 Å². The zero-order valence-corrected chi connectivity index (χ0v) is 15.0. The van der Waals surface area contributed by atoms with E-state index in [0.717, 1.165) is 27.0 Å². The quantitative estimate of drug-likeness (QED) is 0.534. The van der Waals surface area contributed by atoms with Crippen LogP contribution in [0.5, 0.6) is 0 Å². The Morgan fingerprint density at radius 3 is 2.56 bits per heavy atom. The van der Waals surface area contributed by atoms with Crippen molar-refractivity contribution >= 4 is 24.2 Å². The maximum atomic E-state index is 12.1. The topological polar surface area (TPSA) is 81.3 Å². The third-order valence-corrected chi connectivity index (χ3v) is 4.38. The molecule has 134 valence electrons. The number of thiol groups is 1. The Hall–Kier alpha value is -3.39. The van der Waals surface area contributed by atoms with E-state index in [9.17, 15) is 9.59 Å². The molecule has 0 spiro atoms. The lowest BCUT2D eigenvalue weighted by molar-refractivity contribution is -0.119. The molecule has 4 aromatic rings. The van der Waals surface area contributed by atoms with Gasteiger partial charge < -0.3 is 4.72 Å². The van der Waals surface area contributed by atoms with E-state index in [4.69, 9.17) is 0 Å². The third kappa shape index (κ3) is 3.22. The summed E-state index contributed by atoms with van der Waals surface area (Å²) < 4.78 is 5.09. The molecule has 27 heavy (non-hydrogen) atoms. The van der Waals surface area contributed by atoms with Gasteiger partial charge in [0.05, 0.1) is 16.8 Å². The molecule has 3 heterocycles. The number of carbonyl (C=O) groups is 1. The SMILES string of the molecule is O=C(Cn1nc(-c2c(-c3ccccc3)nn3ccccc23)ccc1=O)NS. The van der Waals surface area contributed by atoms with Gasteiger partial charge in [-0.2, -0.15) is 10.2 Å². The lowest BCUT2D eigenvalue weighted by Gasteiger charge is -2.07. The summed E-state index contributed by atoms with van der Waals surface area (Å²) in [5.41, 5.74) is 3.52. The summed E-state index contributed by atoms with van der Waals surface area (Å²) in [6.45, 7) is -0.212. The number of hydrogen-bond donors (Lipinski definition) is 2. The molecular weight excluding hydrogens is 362 g/mol. The highest BCUT2D eigenvalue weighted by atomic mass is 32.1. The number of benzene rings is 1. The molecule has 0 aliphatic heterocycles. The number of nitrogens with zero attached hydrogens (tertiary/aromatic N) is 4. The average molecular weight is 377 g/mol. The molecule has 3 aromatic heterocycles. The summed E-state index contributed by atoms with van der Waals surface area (Å²) in [6, 6.07) is 18.5. The maximum absolute atomic E-state index is 12.1. The maximum Gasteiger partial charge on any atom is 0.267 e. The van der Waals surface area contributed by atoms with Crippen molar-refractivity contribution in [3.63, 3.8) is 0 Å². The van der Waals surface area contributed by atoms with Crippen LogP contribution < -0.4 is 10.3 Å². The molecule has 0 aliphatic rings. The molecule has 0 unspecified atom stereocenters. The zero-order chi connectivity index (χ0) is 18.8. The van der Waals surface area contributed by atoms with E-state index in [0.29, 0.717) is 5.69 Å². The molecule has 0 fully saturated rings. The summed E-state index contributed by atoms with van der Waals surface area (Å²) >= 11 is 3.72. The smallest absolute Gasteiger partial charge is 0.267 e. The van der Waals surface area contributed by atoms with Gasteiger partial charge in [0.15, 0.2) is 0 Å². The first-order chi connectivity index (χ1) is 13.2. The number of pyridine rings is 1. The van der Waals surface area contributed by atoms with Crippen LogP contribution in [0.2, 0.25) is 0 Å². The Morgan fingerprint density at radius 1 is 1.00 bits per heavy atom. The van der Waals surface area contributed by atoms with Gasteiger partial charge in [0.25, 0.3) is 11.5 Å². The van der Waals surface area contributed by atoms with Crippen LogP contribution in [-0.4, -0.2) is 25.3 Å². The van der Waals surface area contributed by atoms with Crippen LogP contribution in [0.1, 0.15) is 0 Å². The zero-order valence-electron chi connectivity index (χ0n) is 14.1. The fourth-order valence-corrected chi connectivity index (χ4v) is 2.99. The number of amides is 1.